The van der Waals surface area contributed by atoms with E-state index in [-0.39, 0.29) is 5.41 Å². The first-order valence-corrected chi connectivity index (χ1v) is 8.32. The molecule has 0 bridgehead atoms. The Morgan fingerprint density at radius 3 is 2.70 bits per heavy atom. The van der Waals surface area contributed by atoms with Gasteiger partial charge in [-0.3, -0.25) is 9.78 Å². The van der Waals surface area contributed by atoms with Crippen LogP contribution in [0.2, 0.25) is 0 Å². The van der Waals surface area contributed by atoms with Crippen molar-refractivity contribution in [3.63, 3.8) is 0 Å². The number of halogens is 1. The zero-order valence-electron chi connectivity index (χ0n) is 13.6. The van der Waals surface area contributed by atoms with Crippen molar-refractivity contribution in [1.82, 2.24) is 10.3 Å². The van der Waals surface area contributed by atoms with E-state index in [1.807, 2.05) is 26.8 Å². The Balaban J connectivity index is 1.93. The van der Waals surface area contributed by atoms with Crippen LogP contribution in [-0.4, -0.2) is 36.2 Å². The van der Waals surface area contributed by atoms with E-state index in [0.29, 0.717) is 13.1 Å². The van der Waals surface area contributed by atoms with Crippen LogP contribution in [0.4, 0.5) is 10.5 Å². The highest BCUT2D eigenvalue weighted by Crippen LogP contribution is 2.46. The Labute approximate surface area is 144 Å². The van der Waals surface area contributed by atoms with Gasteiger partial charge in [0.05, 0.1) is 11.9 Å². The van der Waals surface area contributed by atoms with Crippen LogP contribution in [0.25, 0.3) is 0 Å². The lowest BCUT2D eigenvalue weighted by atomic mass is 10.1. The van der Waals surface area contributed by atoms with E-state index < -0.39 is 11.7 Å². The minimum atomic E-state index is -0.516. The van der Waals surface area contributed by atoms with Crippen LogP contribution in [0.1, 0.15) is 33.6 Å². The largest absolute Gasteiger partial charge is 0.444 e. The van der Waals surface area contributed by atoms with Crippen molar-refractivity contribution in [2.75, 3.05) is 18.0 Å². The number of rotatable bonds is 6. The predicted molar refractivity (Wildman–Crippen MR) is 91.3 cm³/mol. The van der Waals surface area contributed by atoms with Crippen LogP contribution in [0.15, 0.2) is 22.9 Å². The fourth-order valence-corrected chi connectivity index (χ4v) is 2.60. The molecule has 1 aliphatic carbocycles. The highest BCUT2D eigenvalue weighted by molar-refractivity contribution is 9.10. The summed E-state index contributed by atoms with van der Waals surface area (Å²) in [4.78, 5) is 28.9. The van der Waals surface area contributed by atoms with Gasteiger partial charge in [0.25, 0.3) is 0 Å². The molecule has 2 rings (SSSR count). The Kier molecular flexibility index (Phi) is 5.29. The van der Waals surface area contributed by atoms with E-state index in [1.54, 1.807) is 17.3 Å². The number of nitrogens with one attached hydrogen (secondary N) is 1. The van der Waals surface area contributed by atoms with Gasteiger partial charge in [0.2, 0.25) is 6.41 Å². The Morgan fingerprint density at radius 1 is 1.48 bits per heavy atom. The van der Waals surface area contributed by atoms with Crippen molar-refractivity contribution in [2.45, 2.75) is 39.2 Å². The van der Waals surface area contributed by atoms with Crippen LogP contribution >= 0.6 is 15.9 Å². The summed E-state index contributed by atoms with van der Waals surface area (Å²) in [5, 5.41) is 2.81. The average Bonchev–Trinajstić information content (AvgIpc) is 3.21. The van der Waals surface area contributed by atoms with Gasteiger partial charge in [0.15, 0.2) is 0 Å². The van der Waals surface area contributed by atoms with Crippen molar-refractivity contribution < 1.29 is 14.3 Å². The molecule has 1 aromatic rings. The number of alkyl carbamates (subject to hydrolysis) is 1. The molecule has 0 radical (unpaired) electrons. The van der Waals surface area contributed by atoms with Crippen LogP contribution in [0, 0.1) is 5.41 Å². The molecule has 1 fully saturated rings. The van der Waals surface area contributed by atoms with Crippen molar-refractivity contribution in [2.24, 2.45) is 5.41 Å². The highest BCUT2D eigenvalue weighted by Gasteiger charge is 2.44. The molecule has 0 spiro atoms. The van der Waals surface area contributed by atoms with E-state index in [2.05, 4.69) is 26.2 Å². The second kappa shape index (κ2) is 6.86. The zero-order chi connectivity index (χ0) is 17.1. The maximum Gasteiger partial charge on any atom is 0.407 e. The van der Waals surface area contributed by atoms with Gasteiger partial charge in [0, 0.05) is 29.2 Å². The fraction of sp³-hybridized carbons (Fsp3) is 0.562. The number of anilines is 1. The monoisotopic (exact) mass is 383 g/mol. The minimum Gasteiger partial charge on any atom is -0.444 e. The van der Waals surface area contributed by atoms with Gasteiger partial charge in [-0.05, 0) is 55.6 Å². The molecule has 0 atom stereocenters. The minimum absolute atomic E-state index is 0.0832. The average molecular weight is 384 g/mol. The molecule has 2 amide bonds. The molecule has 6 nitrogen and oxygen atoms in total. The summed E-state index contributed by atoms with van der Waals surface area (Å²) in [5.74, 6) is 0. The standard InChI is InChI=1S/C16H22BrN3O3/c1-15(2,3)23-14(22)19-9-16(4-5-16)10-20(11-21)13-6-12(17)7-18-8-13/h6-8,11H,4-5,9-10H2,1-3H3,(H,19,22). The summed E-state index contributed by atoms with van der Waals surface area (Å²) < 4.78 is 6.06. The third-order valence-corrected chi connectivity index (χ3v) is 4.05. The summed E-state index contributed by atoms with van der Waals surface area (Å²) in [7, 11) is 0. The van der Waals surface area contributed by atoms with Crippen molar-refractivity contribution in [3.8, 4) is 0 Å². The number of ether oxygens (including phenoxy) is 1. The number of pyridine rings is 1. The molecular weight excluding hydrogens is 362 g/mol. The number of hydrogen-bond donors (Lipinski definition) is 1. The number of aromatic nitrogens is 1. The van der Waals surface area contributed by atoms with Crippen molar-refractivity contribution in [1.29, 1.82) is 0 Å². The molecule has 126 valence electrons. The van der Waals surface area contributed by atoms with Gasteiger partial charge in [-0.2, -0.15) is 0 Å². The number of nitrogens with zero attached hydrogens (tertiary/aromatic N) is 2. The molecule has 1 N–H and O–H groups in total. The quantitative estimate of drug-likeness (QED) is 0.765. The van der Waals surface area contributed by atoms with E-state index in [0.717, 1.165) is 29.4 Å². The lowest BCUT2D eigenvalue weighted by Gasteiger charge is -2.25. The number of carbonyl (C=O) groups excluding carboxylic acids is 2. The second-order valence-corrected chi connectivity index (χ2v) is 7.87. The molecule has 0 aliphatic heterocycles. The summed E-state index contributed by atoms with van der Waals surface area (Å²) in [6, 6.07) is 1.85. The third kappa shape index (κ3) is 5.49. The van der Waals surface area contributed by atoms with Crippen LogP contribution in [0.5, 0.6) is 0 Å². The first-order valence-electron chi connectivity index (χ1n) is 7.52. The van der Waals surface area contributed by atoms with Gasteiger partial charge in [-0.25, -0.2) is 4.79 Å². The number of hydrogen-bond acceptors (Lipinski definition) is 4. The van der Waals surface area contributed by atoms with Gasteiger partial charge in [0.1, 0.15) is 5.60 Å². The third-order valence-electron chi connectivity index (χ3n) is 3.62. The SMILES string of the molecule is CC(C)(C)OC(=O)NCC1(CN(C=O)c2cncc(Br)c2)CC1. The van der Waals surface area contributed by atoms with Crippen LogP contribution in [-0.2, 0) is 9.53 Å². The molecule has 1 aromatic heterocycles. The second-order valence-electron chi connectivity index (χ2n) is 6.95. The molecule has 1 aliphatic rings. The maximum atomic E-state index is 11.8. The van der Waals surface area contributed by atoms with Crippen LogP contribution in [0.3, 0.4) is 0 Å². The Morgan fingerprint density at radius 2 is 2.17 bits per heavy atom. The maximum absolute atomic E-state index is 11.8. The number of amides is 2. The summed E-state index contributed by atoms with van der Waals surface area (Å²) in [5.41, 5.74) is 0.135. The lowest BCUT2D eigenvalue weighted by molar-refractivity contribution is -0.107. The molecule has 0 unspecified atom stereocenters. The summed E-state index contributed by atoms with van der Waals surface area (Å²) in [6.07, 6.45) is 5.63. The fourth-order valence-electron chi connectivity index (χ4n) is 2.25. The predicted octanol–water partition coefficient (Wildman–Crippen LogP) is 3.11. The first-order chi connectivity index (χ1) is 10.7. The van der Waals surface area contributed by atoms with Gasteiger partial charge >= 0.3 is 6.09 Å². The Hall–Kier alpha value is -1.63. The van der Waals surface area contributed by atoms with Gasteiger partial charge < -0.3 is 15.0 Å². The van der Waals surface area contributed by atoms with Crippen molar-refractivity contribution >= 4 is 34.1 Å². The normalized spacial score (nSPS) is 15.7. The number of carbonyl (C=O) groups is 2. The Bertz CT molecular complexity index is 582. The zero-order valence-corrected chi connectivity index (χ0v) is 15.2. The van der Waals surface area contributed by atoms with E-state index in [9.17, 15) is 9.59 Å². The molecule has 0 saturated heterocycles. The van der Waals surface area contributed by atoms with Crippen LogP contribution < -0.4 is 10.2 Å². The molecule has 1 heterocycles. The first kappa shape index (κ1) is 17.7. The van der Waals surface area contributed by atoms with E-state index in [1.165, 1.54) is 0 Å². The van der Waals surface area contributed by atoms with Crippen molar-refractivity contribution in [3.05, 3.63) is 22.9 Å². The highest BCUT2D eigenvalue weighted by atomic mass is 79.9. The van der Waals surface area contributed by atoms with E-state index >= 15 is 0 Å². The molecule has 7 heteroatoms. The smallest absolute Gasteiger partial charge is 0.407 e. The molecule has 0 aromatic carbocycles. The topological polar surface area (TPSA) is 71.5 Å². The summed E-state index contributed by atoms with van der Waals surface area (Å²) >= 11 is 3.35. The van der Waals surface area contributed by atoms with Gasteiger partial charge in [-0.15, -0.1) is 0 Å². The molecular formula is C16H22BrN3O3. The molecule has 1 saturated carbocycles. The molecule has 23 heavy (non-hydrogen) atoms. The van der Waals surface area contributed by atoms with E-state index in [4.69, 9.17) is 4.74 Å². The summed E-state index contributed by atoms with van der Waals surface area (Å²) in [6.45, 7) is 6.52. The lowest BCUT2D eigenvalue weighted by Crippen LogP contribution is -2.40. The van der Waals surface area contributed by atoms with Gasteiger partial charge in [-0.1, -0.05) is 0 Å².